The number of aromatic nitrogens is 1. The smallest absolute Gasteiger partial charge is 0.269 e. The zero-order chi connectivity index (χ0) is 16.3. The molecule has 6 nitrogen and oxygen atoms in total. The van der Waals surface area contributed by atoms with Gasteiger partial charge in [-0.05, 0) is 48.7 Å². The molecule has 1 amide bonds. The van der Waals surface area contributed by atoms with Gasteiger partial charge in [-0.25, -0.2) is 5.84 Å². The van der Waals surface area contributed by atoms with Gasteiger partial charge in [-0.15, -0.1) is 0 Å². The fourth-order valence-corrected chi connectivity index (χ4v) is 2.16. The summed E-state index contributed by atoms with van der Waals surface area (Å²) < 4.78 is 1.25. The number of hydrogen-bond donors (Lipinski definition) is 2. The molecule has 0 atom stereocenters. The zero-order valence-electron chi connectivity index (χ0n) is 12.4. The van der Waals surface area contributed by atoms with E-state index in [1.54, 1.807) is 6.07 Å². The minimum atomic E-state index is -0.512. The number of aryl methyl sites for hydroxylation is 2. The van der Waals surface area contributed by atoms with E-state index in [0.29, 0.717) is 5.69 Å². The fraction of sp³-hybridized carbons (Fsp3) is 0.188. The third kappa shape index (κ3) is 2.90. The first kappa shape index (κ1) is 15.5. The second-order valence-electron chi connectivity index (χ2n) is 5.00. The Morgan fingerprint density at radius 3 is 2.59 bits per heavy atom. The highest BCUT2D eigenvalue weighted by atomic mass is 16.2. The lowest BCUT2D eigenvalue weighted by molar-refractivity contribution is -0.121. The van der Waals surface area contributed by atoms with Crippen molar-refractivity contribution in [2.75, 3.05) is 0 Å². The number of carbonyl (C=O) groups excluding carboxylic acids is 1. The minimum absolute atomic E-state index is 0.0163. The number of carbonyl (C=O) groups is 1. The van der Waals surface area contributed by atoms with Gasteiger partial charge in [0.05, 0.1) is 5.69 Å². The third-order valence-electron chi connectivity index (χ3n) is 3.56. The lowest BCUT2D eigenvalue weighted by atomic mass is 10.0. The first-order valence-corrected chi connectivity index (χ1v) is 6.69. The number of amides is 1. The van der Waals surface area contributed by atoms with Crippen LogP contribution in [0.1, 0.15) is 16.7 Å². The monoisotopic (exact) mass is 296 g/mol. The molecule has 2 rings (SSSR count). The van der Waals surface area contributed by atoms with Crippen LogP contribution in [-0.2, 0) is 11.3 Å². The SMILES string of the molecule is Cc1ccc(-c2ccc(C#N)c(=O)n2CC(=O)NN)cc1C. The van der Waals surface area contributed by atoms with Crippen LogP contribution in [0.15, 0.2) is 35.1 Å². The maximum atomic E-state index is 12.3. The number of nitriles is 1. The highest BCUT2D eigenvalue weighted by Gasteiger charge is 2.13. The van der Waals surface area contributed by atoms with E-state index in [9.17, 15) is 9.59 Å². The van der Waals surface area contributed by atoms with Crippen LogP contribution in [0.25, 0.3) is 11.3 Å². The van der Waals surface area contributed by atoms with Gasteiger partial charge in [0.1, 0.15) is 18.2 Å². The highest BCUT2D eigenvalue weighted by molar-refractivity contribution is 5.76. The molecule has 0 aliphatic rings. The van der Waals surface area contributed by atoms with Gasteiger partial charge in [0.25, 0.3) is 11.5 Å². The van der Waals surface area contributed by atoms with Gasteiger partial charge in [-0.3, -0.25) is 19.6 Å². The van der Waals surface area contributed by atoms with Crippen molar-refractivity contribution in [1.82, 2.24) is 9.99 Å². The van der Waals surface area contributed by atoms with Crippen molar-refractivity contribution in [2.45, 2.75) is 20.4 Å². The van der Waals surface area contributed by atoms with Crippen LogP contribution >= 0.6 is 0 Å². The van der Waals surface area contributed by atoms with Gasteiger partial charge < -0.3 is 0 Å². The van der Waals surface area contributed by atoms with Gasteiger partial charge in [0.15, 0.2) is 0 Å². The molecule has 22 heavy (non-hydrogen) atoms. The predicted octanol–water partition coefficient (Wildman–Crippen LogP) is 0.994. The highest BCUT2D eigenvalue weighted by Crippen LogP contribution is 2.21. The first-order valence-electron chi connectivity index (χ1n) is 6.69. The molecule has 0 unspecified atom stereocenters. The molecule has 1 aromatic heterocycles. The summed E-state index contributed by atoms with van der Waals surface area (Å²) >= 11 is 0. The predicted molar refractivity (Wildman–Crippen MR) is 82.7 cm³/mol. The van der Waals surface area contributed by atoms with Crippen LogP contribution < -0.4 is 16.8 Å². The number of hydrogen-bond acceptors (Lipinski definition) is 4. The summed E-state index contributed by atoms with van der Waals surface area (Å²) in [6, 6.07) is 10.7. The number of pyridine rings is 1. The number of rotatable bonds is 3. The zero-order valence-corrected chi connectivity index (χ0v) is 12.4. The summed E-state index contributed by atoms with van der Waals surface area (Å²) in [5.74, 6) is 4.58. The van der Waals surface area contributed by atoms with Crippen molar-refractivity contribution in [3.63, 3.8) is 0 Å². The number of nitrogens with two attached hydrogens (primary N) is 1. The Kier molecular flexibility index (Phi) is 4.39. The van der Waals surface area contributed by atoms with Crippen LogP contribution in [0.2, 0.25) is 0 Å². The van der Waals surface area contributed by atoms with E-state index in [2.05, 4.69) is 0 Å². The van der Waals surface area contributed by atoms with E-state index in [-0.39, 0.29) is 12.1 Å². The molecule has 0 spiro atoms. The van der Waals surface area contributed by atoms with Gasteiger partial charge in [-0.1, -0.05) is 12.1 Å². The maximum Gasteiger partial charge on any atom is 0.269 e. The van der Waals surface area contributed by atoms with Crippen LogP contribution in [0, 0.1) is 25.2 Å². The summed E-state index contributed by atoms with van der Waals surface area (Å²) in [4.78, 5) is 23.9. The average molecular weight is 296 g/mol. The van der Waals surface area contributed by atoms with Crippen molar-refractivity contribution in [2.24, 2.45) is 5.84 Å². The van der Waals surface area contributed by atoms with Crippen LogP contribution in [0.3, 0.4) is 0 Å². The van der Waals surface area contributed by atoms with Crippen molar-refractivity contribution in [1.29, 1.82) is 5.26 Å². The second kappa shape index (κ2) is 6.24. The topological polar surface area (TPSA) is 101 Å². The van der Waals surface area contributed by atoms with E-state index < -0.39 is 11.5 Å². The largest absolute Gasteiger partial charge is 0.298 e. The number of benzene rings is 1. The van der Waals surface area contributed by atoms with E-state index in [4.69, 9.17) is 11.1 Å². The van der Waals surface area contributed by atoms with E-state index in [1.807, 2.05) is 43.5 Å². The molecule has 0 aliphatic heterocycles. The molecule has 0 aliphatic carbocycles. The molecule has 3 N–H and O–H groups in total. The summed E-state index contributed by atoms with van der Waals surface area (Å²) in [5, 5.41) is 8.99. The van der Waals surface area contributed by atoms with E-state index in [0.717, 1.165) is 16.7 Å². The van der Waals surface area contributed by atoms with Crippen LogP contribution in [-0.4, -0.2) is 10.5 Å². The van der Waals surface area contributed by atoms with Gasteiger partial charge in [0, 0.05) is 0 Å². The van der Waals surface area contributed by atoms with E-state index in [1.165, 1.54) is 10.6 Å². The Bertz CT molecular complexity index is 831. The van der Waals surface area contributed by atoms with Crippen LogP contribution in [0.4, 0.5) is 0 Å². The van der Waals surface area contributed by atoms with Crippen molar-refractivity contribution in [3.05, 3.63) is 57.4 Å². The second-order valence-corrected chi connectivity index (χ2v) is 5.00. The van der Waals surface area contributed by atoms with Crippen molar-refractivity contribution < 1.29 is 4.79 Å². The molecule has 0 saturated carbocycles. The molecule has 2 aromatic rings. The maximum absolute atomic E-state index is 12.3. The first-order chi connectivity index (χ1) is 10.5. The summed E-state index contributed by atoms with van der Waals surface area (Å²) in [7, 11) is 0. The summed E-state index contributed by atoms with van der Waals surface area (Å²) in [6.07, 6.45) is 0. The van der Waals surface area contributed by atoms with Gasteiger partial charge in [0.2, 0.25) is 0 Å². The molecule has 0 bridgehead atoms. The Labute approximate surface area is 127 Å². The third-order valence-corrected chi connectivity index (χ3v) is 3.56. The average Bonchev–Trinajstić information content (AvgIpc) is 2.51. The lowest BCUT2D eigenvalue weighted by Crippen LogP contribution is -2.37. The molecule has 0 radical (unpaired) electrons. The molecule has 0 fully saturated rings. The normalized spacial score (nSPS) is 10.1. The van der Waals surface area contributed by atoms with Gasteiger partial charge in [-0.2, -0.15) is 5.26 Å². The molecule has 6 heteroatoms. The summed E-state index contributed by atoms with van der Waals surface area (Å²) in [5.41, 5.74) is 5.04. The molecular formula is C16H16N4O2. The fourth-order valence-electron chi connectivity index (χ4n) is 2.16. The number of nitrogens with one attached hydrogen (secondary N) is 1. The molecular weight excluding hydrogens is 280 g/mol. The molecule has 0 saturated heterocycles. The molecule has 112 valence electrons. The Balaban J connectivity index is 2.67. The van der Waals surface area contributed by atoms with Crippen molar-refractivity contribution >= 4 is 5.91 Å². The van der Waals surface area contributed by atoms with Gasteiger partial charge >= 0.3 is 0 Å². The summed E-state index contributed by atoms with van der Waals surface area (Å²) in [6.45, 7) is 3.72. The van der Waals surface area contributed by atoms with Crippen molar-refractivity contribution in [3.8, 4) is 17.3 Å². The number of hydrazine groups is 1. The molecule has 1 aromatic carbocycles. The quantitative estimate of drug-likeness (QED) is 0.501. The Morgan fingerprint density at radius 1 is 1.27 bits per heavy atom. The van der Waals surface area contributed by atoms with Crippen LogP contribution in [0.5, 0.6) is 0 Å². The molecule has 1 heterocycles. The number of nitrogens with zero attached hydrogens (tertiary/aromatic N) is 2. The minimum Gasteiger partial charge on any atom is -0.298 e. The van der Waals surface area contributed by atoms with E-state index >= 15 is 0 Å². The lowest BCUT2D eigenvalue weighted by Gasteiger charge is -2.13. The Hall–Kier alpha value is -2.91. The Morgan fingerprint density at radius 2 is 2.00 bits per heavy atom. The standard InChI is InChI=1S/C16H16N4O2/c1-10-3-4-12(7-11(10)2)14-6-5-13(8-17)16(22)20(14)9-15(21)19-18/h3-7H,9,18H2,1-2H3,(H,19,21).